The number of hydrogen-bond acceptors (Lipinski definition) is 6. The van der Waals surface area contributed by atoms with E-state index in [2.05, 4.69) is 33.3 Å². The van der Waals surface area contributed by atoms with Crippen molar-refractivity contribution in [1.29, 1.82) is 0 Å². The van der Waals surface area contributed by atoms with Gasteiger partial charge in [-0.2, -0.15) is 22.7 Å². The third kappa shape index (κ3) is 3.37. The molecule has 0 spiro atoms. The van der Waals surface area contributed by atoms with Crippen LogP contribution in [0, 0.1) is 0 Å². The third-order valence-electron chi connectivity index (χ3n) is 5.24. The molecule has 0 aliphatic carbocycles. The summed E-state index contributed by atoms with van der Waals surface area (Å²) in [5.74, 6) is 0. The first kappa shape index (κ1) is 20.6. The van der Waals surface area contributed by atoms with Crippen molar-refractivity contribution in [3.63, 3.8) is 0 Å². The Bertz CT molecular complexity index is 1690. The summed E-state index contributed by atoms with van der Waals surface area (Å²) in [6.07, 6.45) is 14.8. The highest BCUT2D eigenvalue weighted by atomic mass is 32.2. The molecule has 0 aromatic carbocycles. The predicted molar refractivity (Wildman–Crippen MR) is 126 cm³/mol. The van der Waals surface area contributed by atoms with E-state index < -0.39 is 10.0 Å². The molecule has 0 N–H and O–H groups in total. The summed E-state index contributed by atoms with van der Waals surface area (Å²) in [5, 5.41) is 8.29. The van der Waals surface area contributed by atoms with Crippen LogP contribution in [-0.4, -0.2) is 41.8 Å². The van der Waals surface area contributed by atoms with Crippen molar-refractivity contribution < 1.29 is 8.42 Å². The molecule has 0 aliphatic rings. The molecule has 0 atom stereocenters. The Kier molecular flexibility index (Phi) is 4.79. The number of imidazole rings is 1. The van der Waals surface area contributed by atoms with Gasteiger partial charge in [0.25, 0.3) is 0 Å². The first-order valence-corrected chi connectivity index (χ1v) is 11.4. The fourth-order valence-corrected chi connectivity index (χ4v) is 4.96. The Morgan fingerprint density at radius 3 is 2.58 bits per heavy atom. The number of fused-ring (bicyclic) bond motifs is 2. The SMILES string of the molecule is C=C/C=C(\C=C)c1ccc2ncc(S(=O)(=O)n3ncc4ncc(-c5cnn(C)c5)cc43)n2c1. The van der Waals surface area contributed by atoms with E-state index in [-0.39, 0.29) is 5.03 Å². The topological polar surface area (TPSA) is 100.0 Å². The molecular formula is C23H19N7O2S. The molecule has 0 saturated carbocycles. The maximum absolute atomic E-state index is 13.7. The zero-order chi connectivity index (χ0) is 23.2. The highest BCUT2D eigenvalue weighted by Crippen LogP contribution is 2.26. The lowest BCUT2D eigenvalue weighted by Gasteiger charge is -2.08. The molecule has 0 saturated heterocycles. The molecule has 5 heterocycles. The number of nitrogens with zero attached hydrogens (tertiary/aromatic N) is 7. The summed E-state index contributed by atoms with van der Waals surface area (Å²) in [6.45, 7) is 7.53. The van der Waals surface area contributed by atoms with Gasteiger partial charge in [0.05, 0.1) is 18.6 Å². The Morgan fingerprint density at radius 1 is 1.00 bits per heavy atom. The minimum Gasteiger partial charge on any atom is -0.288 e. The molecule has 5 aromatic rings. The van der Waals surface area contributed by atoms with Crippen LogP contribution in [0.4, 0.5) is 0 Å². The van der Waals surface area contributed by atoms with Gasteiger partial charge in [-0.05, 0) is 29.3 Å². The number of rotatable bonds is 6. The van der Waals surface area contributed by atoms with Crippen molar-refractivity contribution in [3.8, 4) is 11.1 Å². The number of aromatic nitrogens is 7. The van der Waals surface area contributed by atoms with Gasteiger partial charge >= 0.3 is 10.0 Å². The van der Waals surface area contributed by atoms with Crippen LogP contribution < -0.4 is 0 Å². The van der Waals surface area contributed by atoms with Crippen molar-refractivity contribution in [2.24, 2.45) is 7.05 Å². The molecule has 10 heteroatoms. The van der Waals surface area contributed by atoms with Gasteiger partial charge in [0.2, 0.25) is 0 Å². The van der Waals surface area contributed by atoms with E-state index in [1.165, 1.54) is 16.8 Å². The van der Waals surface area contributed by atoms with Gasteiger partial charge in [-0.25, -0.2) is 4.98 Å². The summed E-state index contributed by atoms with van der Waals surface area (Å²) < 4.78 is 31.5. The highest BCUT2D eigenvalue weighted by Gasteiger charge is 2.25. The smallest absolute Gasteiger partial charge is 0.288 e. The Morgan fingerprint density at radius 2 is 1.85 bits per heavy atom. The second-order valence-electron chi connectivity index (χ2n) is 7.33. The molecule has 33 heavy (non-hydrogen) atoms. The molecular weight excluding hydrogens is 438 g/mol. The number of pyridine rings is 2. The summed E-state index contributed by atoms with van der Waals surface area (Å²) in [7, 11) is -2.27. The van der Waals surface area contributed by atoms with Gasteiger partial charge in [0.1, 0.15) is 16.7 Å². The maximum Gasteiger partial charge on any atom is 0.301 e. The van der Waals surface area contributed by atoms with E-state index in [1.54, 1.807) is 53.6 Å². The monoisotopic (exact) mass is 457 g/mol. The van der Waals surface area contributed by atoms with Gasteiger partial charge in [-0.15, -0.1) is 0 Å². The molecule has 0 aliphatic heterocycles. The van der Waals surface area contributed by atoms with Gasteiger partial charge in [-0.3, -0.25) is 14.1 Å². The highest BCUT2D eigenvalue weighted by molar-refractivity contribution is 7.90. The standard InChI is InChI=1S/C23H19N7O2S/c1-4-6-16(5-2)17-7-8-22-25-13-23(29(22)15-17)33(31,32)30-21-9-18(10-24-20(21)12-27-30)19-11-26-28(3)14-19/h4-15H,1-2H2,3H3/b16-6+. The van der Waals surface area contributed by atoms with Crippen molar-refractivity contribution in [2.45, 2.75) is 5.03 Å². The van der Waals surface area contributed by atoms with Crippen LogP contribution in [0.25, 0.3) is 33.4 Å². The number of aryl methyl sites for hydroxylation is 1. The van der Waals surface area contributed by atoms with Gasteiger partial charge < -0.3 is 0 Å². The number of hydrogen-bond donors (Lipinski definition) is 0. The van der Waals surface area contributed by atoms with Crippen LogP contribution in [0.2, 0.25) is 0 Å². The molecule has 0 bridgehead atoms. The van der Waals surface area contributed by atoms with Gasteiger partial charge in [0.15, 0.2) is 5.03 Å². The third-order valence-corrected chi connectivity index (χ3v) is 6.82. The van der Waals surface area contributed by atoms with E-state index in [4.69, 9.17) is 0 Å². The number of allylic oxidation sites excluding steroid dienone is 4. The van der Waals surface area contributed by atoms with E-state index in [9.17, 15) is 8.42 Å². The van der Waals surface area contributed by atoms with Crippen LogP contribution in [0.5, 0.6) is 0 Å². The first-order valence-electron chi connectivity index (χ1n) is 9.93. The molecule has 5 rings (SSSR count). The van der Waals surface area contributed by atoms with E-state index >= 15 is 0 Å². The normalized spacial score (nSPS) is 12.5. The van der Waals surface area contributed by atoms with Gasteiger partial charge in [-0.1, -0.05) is 31.4 Å². The molecule has 0 amide bonds. The predicted octanol–water partition coefficient (Wildman–Crippen LogP) is 3.47. The minimum absolute atomic E-state index is 0.0156. The van der Waals surface area contributed by atoms with Crippen LogP contribution in [0.3, 0.4) is 0 Å². The van der Waals surface area contributed by atoms with Crippen molar-refractivity contribution in [1.82, 2.24) is 33.3 Å². The molecule has 5 aromatic heterocycles. The van der Waals surface area contributed by atoms with E-state index in [0.29, 0.717) is 16.7 Å². The lowest BCUT2D eigenvalue weighted by molar-refractivity contribution is 0.577. The summed E-state index contributed by atoms with van der Waals surface area (Å²) in [6, 6.07) is 5.34. The van der Waals surface area contributed by atoms with E-state index in [0.717, 1.165) is 26.4 Å². The van der Waals surface area contributed by atoms with Crippen molar-refractivity contribution >= 4 is 32.3 Å². The summed E-state index contributed by atoms with van der Waals surface area (Å²) >= 11 is 0. The van der Waals surface area contributed by atoms with Crippen LogP contribution in [0.1, 0.15) is 5.56 Å². The maximum atomic E-state index is 13.7. The quantitative estimate of drug-likeness (QED) is 0.362. The van der Waals surface area contributed by atoms with Crippen LogP contribution >= 0.6 is 0 Å². The van der Waals surface area contributed by atoms with Crippen LogP contribution in [-0.2, 0) is 17.1 Å². The average molecular weight is 458 g/mol. The average Bonchev–Trinajstić information content (AvgIpc) is 3.54. The minimum atomic E-state index is -4.08. The summed E-state index contributed by atoms with van der Waals surface area (Å²) in [5.41, 5.74) is 4.45. The second kappa shape index (κ2) is 7.68. The molecule has 0 fully saturated rings. The Balaban J connectivity index is 1.68. The lowest BCUT2D eigenvalue weighted by atomic mass is 10.1. The largest absolute Gasteiger partial charge is 0.301 e. The summed E-state index contributed by atoms with van der Waals surface area (Å²) in [4.78, 5) is 8.64. The van der Waals surface area contributed by atoms with Gasteiger partial charge in [0, 0.05) is 36.8 Å². The Hall–Kier alpha value is -4.31. The lowest BCUT2D eigenvalue weighted by Crippen LogP contribution is -2.16. The first-order chi connectivity index (χ1) is 15.9. The Labute approximate surface area is 189 Å². The fourth-order valence-electron chi connectivity index (χ4n) is 3.62. The van der Waals surface area contributed by atoms with E-state index in [1.807, 2.05) is 19.3 Å². The fraction of sp³-hybridized carbons (Fsp3) is 0.0435. The molecule has 0 radical (unpaired) electrons. The zero-order valence-corrected chi connectivity index (χ0v) is 18.5. The molecule has 9 nitrogen and oxygen atoms in total. The van der Waals surface area contributed by atoms with Crippen molar-refractivity contribution in [2.75, 3.05) is 0 Å². The van der Waals surface area contributed by atoms with Crippen molar-refractivity contribution in [3.05, 3.63) is 92.3 Å². The second-order valence-corrected chi connectivity index (χ2v) is 9.04. The zero-order valence-electron chi connectivity index (χ0n) is 17.7. The van der Waals surface area contributed by atoms with Crippen LogP contribution in [0.15, 0.2) is 91.8 Å². The molecule has 164 valence electrons. The molecule has 0 unspecified atom stereocenters.